The van der Waals surface area contributed by atoms with Gasteiger partial charge in [-0.1, -0.05) is 55.5 Å². The predicted molar refractivity (Wildman–Crippen MR) is 180 cm³/mol. The molecule has 10 heteroatoms. The maximum Gasteiger partial charge on any atom is 0.332 e. The van der Waals surface area contributed by atoms with Crippen LogP contribution >= 0.6 is 0 Å². The maximum atomic E-state index is 13.5. The summed E-state index contributed by atoms with van der Waals surface area (Å²) in [6.45, 7) is 3.62. The number of anilines is 1. The van der Waals surface area contributed by atoms with E-state index in [0.29, 0.717) is 49.7 Å². The number of nitrogens with one attached hydrogen (secondary N) is 2. The molecular formula is C37H48N2O8. The minimum absolute atomic E-state index is 0.00852. The van der Waals surface area contributed by atoms with Gasteiger partial charge >= 0.3 is 5.97 Å². The number of aliphatic hydroxyl groups excluding tert-OH is 1. The number of amides is 2. The first kappa shape index (κ1) is 35.7. The van der Waals surface area contributed by atoms with Crippen molar-refractivity contribution in [1.29, 1.82) is 0 Å². The van der Waals surface area contributed by atoms with E-state index < -0.39 is 41.6 Å². The van der Waals surface area contributed by atoms with E-state index >= 15 is 0 Å². The molecule has 1 aromatic rings. The Bertz CT molecular complexity index is 1450. The van der Waals surface area contributed by atoms with E-state index in [2.05, 4.69) is 10.6 Å². The highest BCUT2D eigenvalue weighted by Crippen LogP contribution is 2.39. The number of aryl methyl sites for hydroxylation is 1. The first-order valence-corrected chi connectivity index (χ1v) is 16.5. The molecule has 254 valence electrons. The third-order valence-corrected chi connectivity index (χ3v) is 9.07. The monoisotopic (exact) mass is 648 g/mol. The van der Waals surface area contributed by atoms with Gasteiger partial charge in [0.1, 0.15) is 23.1 Å². The molecule has 0 saturated heterocycles. The van der Waals surface area contributed by atoms with Crippen molar-refractivity contribution in [3.05, 3.63) is 77.5 Å². The zero-order chi connectivity index (χ0) is 34.0. The number of carbonyl (C=O) groups excluding carboxylic acids is 3. The second-order valence-electron chi connectivity index (χ2n) is 12.7. The highest BCUT2D eigenvalue weighted by Gasteiger charge is 2.54. The summed E-state index contributed by atoms with van der Waals surface area (Å²) < 4.78 is 11.5. The van der Waals surface area contributed by atoms with E-state index in [9.17, 15) is 29.7 Å². The molecule has 0 radical (unpaired) electrons. The van der Waals surface area contributed by atoms with Gasteiger partial charge in [0, 0.05) is 31.1 Å². The van der Waals surface area contributed by atoms with Crippen LogP contribution in [0.5, 0.6) is 11.5 Å². The Morgan fingerprint density at radius 1 is 1.02 bits per heavy atom. The molecule has 4 rings (SSSR count). The van der Waals surface area contributed by atoms with E-state index in [1.165, 1.54) is 19.2 Å². The molecule has 4 atom stereocenters. The van der Waals surface area contributed by atoms with E-state index in [1.54, 1.807) is 31.2 Å². The standard InChI is InChI=1S/C37H48N2O8/c1-24-13-12-16-27-21-28(40)22-30(34(27)43)38-32(41)23-29(46-3)17-10-5-4-6-11-18-31(25(2)33(24)42)47-36(45)37(19-20-37)39-35(44)26-14-8-7-9-15-26/h4-6,10-11,13-14,17,21-22,25,29,31,33,40,42-43H,7-9,12,15-16,18-20,23H2,1-3H3,(H,38,41)(H,39,44)/b5-4+,11-6+,17-10+,24-13-. The zero-order valence-corrected chi connectivity index (χ0v) is 27.5. The summed E-state index contributed by atoms with van der Waals surface area (Å²) in [5, 5.41) is 38.1. The van der Waals surface area contributed by atoms with Crippen molar-refractivity contribution in [2.45, 2.75) is 102 Å². The number of aliphatic hydroxyl groups is 1. The quantitative estimate of drug-likeness (QED) is 0.122. The van der Waals surface area contributed by atoms with Crippen molar-refractivity contribution in [3.63, 3.8) is 0 Å². The van der Waals surface area contributed by atoms with Crippen molar-refractivity contribution in [1.82, 2.24) is 5.32 Å². The number of allylic oxidation sites excluding steroid dienone is 6. The van der Waals surface area contributed by atoms with Crippen molar-refractivity contribution in [2.24, 2.45) is 5.92 Å². The molecule has 0 aromatic heterocycles. The van der Waals surface area contributed by atoms with Gasteiger partial charge in [0.2, 0.25) is 11.8 Å². The third kappa shape index (κ3) is 9.92. The number of phenols is 2. The van der Waals surface area contributed by atoms with Crippen molar-refractivity contribution in [2.75, 3.05) is 12.4 Å². The van der Waals surface area contributed by atoms with Crippen molar-refractivity contribution in [3.8, 4) is 11.5 Å². The lowest BCUT2D eigenvalue weighted by atomic mass is 9.90. The molecule has 4 unspecified atom stereocenters. The van der Waals surface area contributed by atoms with Gasteiger partial charge in [-0.05, 0) is 75.5 Å². The number of benzene rings is 1. The molecule has 1 heterocycles. The summed E-state index contributed by atoms with van der Waals surface area (Å²) in [7, 11) is 1.49. The fraction of sp³-hybridized carbons (Fsp3) is 0.486. The minimum Gasteiger partial charge on any atom is -0.508 e. The number of aromatic hydroxyl groups is 2. The largest absolute Gasteiger partial charge is 0.508 e. The van der Waals surface area contributed by atoms with Crippen LogP contribution in [-0.4, -0.2) is 64.1 Å². The van der Waals surface area contributed by atoms with Crippen LogP contribution in [0.4, 0.5) is 5.69 Å². The van der Waals surface area contributed by atoms with Crippen LogP contribution in [0.15, 0.2) is 71.9 Å². The fourth-order valence-electron chi connectivity index (χ4n) is 5.85. The summed E-state index contributed by atoms with van der Waals surface area (Å²) in [6, 6.07) is 2.73. The maximum absolute atomic E-state index is 13.5. The van der Waals surface area contributed by atoms with Crippen molar-refractivity contribution >= 4 is 23.5 Å². The first-order valence-electron chi connectivity index (χ1n) is 16.5. The van der Waals surface area contributed by atoms with Gasteiger partial charge in [0.25, 0.3) is 0 Å². The number of rotatable bonds is 5. The van der Waals surface area contributed by atoms with Gasteiger partial charge < -0.3 is 35.4 Å². The average molecular weight is 649 g/mol. The number of carbonyl (C=O) groups is 3. The van der Waals surface area contributed by atoms with Crippen LogP contribution in [0.1, 0.15) is 77.2 Å². The third-order valence-electron chi connectivity index (χ3n) is 9.07. The Morgan fingerprint density at radius 2 is 1.79 bits per heavy atom. The predicted octanol–water partition coefficient (Wildman–Crippen LogP) is 5.45. The van der Waals surface area contributed by atoms with E-state index in [1.807, 2.05) is 31.2 Å². The van der Waals surface area contributed by atoms with Crippen LogP contribution in [0.2, 0.25) is 0 Å². The molecule has 2 aliphatic carbocycles. The van der Waals surface area contributed by atoms with Gasteiger partial charge in [-0.2, -0.15) is 0 Å². The van der Waals surface area contributed by atoms with E-state index in [0.717, 1.165) is 24.8 Å². The smallest absolute Gasteiger partial charge is 0.332 e. The topological polar surface area (TPSA) is 154 Å². The number of fused-ring (bicyclic) bond motifs is 2. The van der Waals surface area contributed by atoms with Gasteiger partial charge in [-0.15, -0.1) is 0 Å². The minimum atomic E-state index is -1.04. The van der Waals surface area contributed by atoms with Gasteiger partial charge in [-0.3, -0.25) is 9.59 Å². The molecular weight excluding hydrogens is 600 g/mol. The van der Waals surface area contributed by atoms with E-state index in [4.69, 9.17) is 9.47 Å². The lowest BCUT2D eigenvalue weighted by Crippen LogP contribution is -2.47. The van der Waals surface area contributed by atoms with Crippen LogP contribution in [-0.2, 0) is 30.3 Å². The van der Waals surface area contributed by atoms with Gasteiger partial charge in [-0.25, -0.2) is 4.79 Å². The number of methoxy groups -OCH3 is 1. The molecule has 1 fully saturated rings. The van der Waals surface area contributed by atoms with Crippen LogP contribution in [0.25, 0.3) is 0 Å². The Labute approximate surface area is 276 Å². The lowest BCUT2D eigenvalue weighted by molar-refractivity contribution is -0.158. The molecule has 1 saturated carbocycles. The summed E-state index contributed by atoms with van der Waals surface area (Å²) in [6.07, 6.45) is 18.0. The lowest BCUT2D eigenvalue weighted by Gasteiger charge is -2.30. The molecule has 2 bridgehead atoms. The number of phenolic OH excluding ortho intramolecular Hbond substituents is 2. The SMILES string of the molecule is COC1/C=C/C=C/C=C/CC(OC(=O)C2(NC(=O)C3=CCCCC3)CC2)C(C)C(O)/C(C)=C\CCc2cc(O)cc(c2O)NC(=O)C1. The highest BCUT2D eigenvalue weighted by atomic mass is 16.5. The molecule has 5 N–H and O–H groups in total. The van der Waals surface area contributed by atoms with Gasteiger partial charge in [0.05, 0.1) is 24.3 Å². The molecule has 10 nitrogen and oxygen atoms in total. The Balaban J connectivity index is 1.55. The Hall–Kier alpha value is -4.15. The average Bonchev–Trinajstić information content (AvgIpc) is 3.84. The number of esters is 1. The summed E-state index contributed by atoms with van der Waals surface area (Å²) in [5.74, 6) is -1.83. The second-order valence-corrected chi connectivity index (χ2v) is 12.7. The molecule has 47 heavy (non-hydrogen) atoms. The molecule has 2 amide bonds. The van der Waals surface area contributed by atoms with Crippen LogP contribution in [0, 0.1) is 5.92 Å². The fourth-order valence-corrected chi connectivity index (χ4v) is 5.85. The summed E-state index contributed by atoms with van der Waals surface area (Å²) in [5.41, 5.74) is 0.868. The molecule has 1 aliphatic heterocycles. The Kier molecular flexibility index (Phi) is 12.6. The van der Waals surface area contributed by atoms with Crippen LogP contribution < -0.4 is 10.6 Å². The van der Waals surface area contributed by atoms with E-state index in [-0.39, 0.29) is 29.5 Å². The van der Waals surface area contributed by atoms with Crippen molar-refractivity contribution < 1.29 is 39.2 Å². The zero-order valence-electron chi connectivity index (χ0n) is 27.5. The summed E-state index contributed by atoms with van der Waals surface area (Å²) >= 11 is 0. The first-order chi connectivity index (χ1) is 22.5. The number of ether oxygens (including phenoxy) is 2. The van der Waals surface area contributed by atoms with Gasteiger partial charge in [0.15, 0.2) is 0 Å². The molecule has 3 aliphatic rings. The summed E-state index contributed by atoms with van der Waals surface area (Å²) in [4.78, 5) is 39.1. The highest BCUT2D eigenvalue weighted by molar-refractivity contribution is 5.99. The molecule has 1 aromatic carbocycles. The molecule has 0 spiro atoms. The second kappa shape index (κ2) is 16.6. The Morgan fingerprint density at radius 3 is 2.49 bits per heavy atom. The number of hydrogen-bond acceptors (Lipinski definition) is 8. The van der Waals surface area contributed by atoms with Crippen LogP contribution in [0.3, 0.4) is 0 Å². The normalized spacial score (nSPS) is 28.6. The number of hydrogen-bond donors (Lipinski definition) is 5.